The van der Waals surface area contributed by atoms with Crippen LogP contribution in [0, 0.1) is 0 Å². The van der Waals surface area contributed by atoms with Crippen molar-refractivity contribution < 1.29 is 4.74 Å². The number of ether oxygens (including phenoxy) is 1. The fourth-order valence-electron chi connectivity index (χ4n) is 1.86. The summed E-state index contributed by atoms with van der Waals surface area (Å²) in [6.45, 7) is 2.14. The summed E-state index contributed by atoms with van der Waals surface area (Å²) >= 11 is 0. The van der Waals surface area contributed by atoms with E-state index in [0.29, 0.717) is 5.90 Å². The van der Waals surface area contributed by atoms with Gasteiger partial charge in [-0.3, -0.25) is 5.01 Å². The third kappa shape index (κ3) is 1.03. The normalized spacial score (nSPS) is 30.5. The lowest BCUT2D eigenvalue weighted by molar-refractivity contribution is 0.204. The molecule has 0 amide bonds. The Bertz CT molecular complexity index is 356. The first-order valence-corrected chi connectivity index (χ1v) is 4.62. The van der Waals surface area contributed by atoms with E-state index in [2.05, 4.69) is 12.0 Å². The zero-order valence-electron chi connectivity index (χ0n) is 8.74. The van der Waals surface area contributed by atoms with Crippen molar-refractivity contribution in [3.63, 3.8) is 0 Å². The van der Waals surface area contributed by atoms with Crippen LogP contribution in [0.5, 0.6) is 0 Å². The lowest BCUT2D eigenvalue weighted by atomic mass is 9.84. The largest absolute Gasteiger partial charge is 0.480 e. The number of nitrogens with two attached hydrogens (primary N) is 1. The minimum Gasteiger partial charge on any atom is -0.480 e. The second-order valence-corrected chi connectivity index (χ2v) is 3.87. The number of hydrogen-bond acceptors (Lipinski definition) is 4. The maximum absolute atomic E-state index is 5.77. The van der Waals surface area contributed by atoms with E-state index in [0.717, 1.165) is 17.7 Å². The molecule has 2 aliphatic rings. The average molecular weight is 193 g/mol. The highest BCUT2D eigenvalue weighted by Gasteiger charge is 2.42. The topological polar surface area (TPSA) is 50.8 Å². The fraction of sp³-hybridized carbons (Fsp3) is 0.500. The second-order valence-electron chi connectivity index (χ2n) is 3.87. The average Bonchev–Trinajstić information content (AvgIpc) is 2.41. The molecule has 76 valence electrons. The van der Waals surface area contributed by atoms with Crippen LogP contribution in [-0.2, 0) is 4.74 Å². The Morgan fingerprint density at radius 1 is 1.64 bits per heavy atom. The first-order chi connectivity index (χ1) is 6.58. The molecule has 0 aromatic rings. The molecule has 0 bridgehead atoms. The molecule has 1 unspecified atom stereocenters. The molecule has 4 heteroatoms. The first kappa shape index (κ1) is 9.12. The maximum Gasteiger partial charge on any atom is 0.236 e. The zero-order valence-corrected chi connectivity index (χ0v) is 8.74. The molecule has 1 atom stereocenters. The summed E-state index contributed by atoms with van der Waals surface area (Å²) in [5, 5.41) is 6.26. The van der Waals surface area contributed by atoms with E-state index in [4.69, 9.17) is 10.5 Å². The van der Waals surface area contributed by atoms with Crippen LogP contribution in [0.25, 0.3) is 0 Å². The van der Waals surface area contributed by atoms with Crippen molar-refractivity contribution in [3.8, 4) is 0 Å². The summed E-state index contributed by atoms with van der Waals surface area (Å²) in [5.74, 6) is 0.672. The van der Waals surface area contributed by atoms with Gasteiger partial charge in [-0.25, -0.2) is 0 Å². The van der Waals surface area contributed by atoms with Crippen molar-refractivity contribution in [2.45, 2.75) is 18.9 Å². The van der Waals surface area contributed by atoms with E-state index in [-0.39, 0.29) is 5.54 Å². The smallest absolute Gasteiger partial charge is 0.236 e. The zero-order chi connectivity index (χ0) is 10.3. The van der Waals surface area contributed by atoms with Crippen LogP contribution in [0.2, 0.25) is 0 Å². The quantitative estimate of drug-likeness (QED) is 0.619. The highest BCUT2D eigenvalue weighted by atomic mass is 16.5. The molecular formula is C10H15N3O. The molecule has 0 aromatic heterocycles. The molecule has 0 radical (unpaired) electrons. The van der Waals surface area contributed by atoms with Crippen molar-refractivity contribution in [2.75, 3.05) is 14.2 Å². The van der Waals surface area contributed by atoms with Crippen molar-refractivity contribution >= 4 is 5.90 Å². The van der Waals surface area contributed by atoms with Gasteiger partial charge in [0.25, 0.3) is 0 Å². The van der Waals surface area contributed by atoms with Crippen molar-refractivity contribution in [2.24, 2.45) is 10.8 Å². The highest BCUT2D eigenvalue weighted by Crippen LogP contribution is 2.37. The standard InChI is InChI=1S/C10H15N3O/c1-10-5-4-7(11)6-8(10)9(14-3)12-13(10)2/h4,6H,5,11H2,1-3H3. The van der Waals surface area contributed by atoms with Gasteiger partial charge in [0, 0.05) is 18.3 Å². The van der Waals surface area contributed by atoms with Crippen LogP contribution < -0.4 is 5.73 Å². The van der Waals surface area contributed by atoms with Crippen LogP contribution in [0.4, 0.5) is 0 Å². The summed E-state index contributed by atoms with van der Waals surface area (Å²) < 4.78 is 5.22. The number of nitrogens with zero attached hydrogens (tertiary/aromatic N) is 2. The van der Waals surface area contributed by atoms with E-state index >= 15 is 0 Å². The van der Waals surface area contributed by atoms with E-state index in [1.54, 1.807) is 7.11 Å². The fourth-order valence-corrected chi connectivity index (χ4v) is 1.86. The predicted octanol–water partition coefficient (Wildman–Crippen LogP) is 0.823. The van der Waals surface area contributed by atoms with Gasteiger partial charge in [0.15, 0.2) is 0 Å². The summed E-state index contributed by atoms with van der Waals surface area (Å²) in [6.07, 6.45) is 4.83. The second kappa shape index (κ2) is 2.77. The van der Waals surface area contributed by atoms with Gasteiger partial charge in [-0.15, -0.1) is 5.10 Å². The summed E-state index contributed by atoms with van der Waals surface area (Å²) in [6, 6.07) is 0. The third-order valence-corrected chi connectivity index (χ3v) is 3.01. The summed E-state index contributed by atoms with van der Waals surface area (Å²) in [5.41, 5.74) is 7.54. The van der Waals surface area contributed by atoms with Crippen LogP contribution in [0.3, 0.4) is 0 Å². The van der Waals surface area contributed by atoms with E-state index in [1.165, 1.54) is 0 Å². The molecule has 4 nitrogen and oxygen atoms in total. The number of likely N-dealkylation sites (N-methyl/N-ethyl adjacent to an activating group) is 1. The van der Waals surface area contributed by atoms with Gasteiger partial charge in [-0.1, -0.05) is 6.08 Å². The van der Waals surface area contributed by atoms with Crippen molar-refractivity contribution in [1.82, 2.24) is 5.01 Å². The predicted molar refractivity (Wildman–Crippen MR) is 55.6 cm³/mol. The van der Waals surface area contributed by atoms with E-state index in [9.17, 15) is 0 Å². The molecule has 0 saturated carbocycles. The number of rotatable bonds is 0. The minimum absolute atomic E-state index is 0.0891. The Labute approximate surface area is 83.7 Å². The van der Waals surface area contributed by atoms with Crippen LogP contribution in [0.1, 0.15) is 13.3 Å². The monoisotopic (exact) mass is 193 g/mol. The van der Waals surface area contributed by atoms with Crippen molar-refractivity contribution in [1.29, 1.82) is 0 Å². The van der Waals surface area contributed by atoms with Gasteiger partial charge in [0.1, 0.15) is 0 Å². The van der Waals surface area contributed by atoms with Gasteiger partial charge in [-0.2, -0.15) is 0 Å². The number of hydrazone groups is 1. The van der Waals surface area contributed by atoms with Crippen LogP contribution in [-0.4, -0.2) is 30.6 Å². The number of fused-ring (bicyclic) bond motifs is 1. The highest BCUT2D eigenvalue weighted by molar-refractivity contribution is 5.98. The first-order valence-electron chi connectivity index (χ1n) is 4.62. The Morgan fingerprint density at radius 3 is 3.00 bits per heavy atom. The number of methoxy groups -OCH3 is 1. The summed E-state index contributed by atoms with van der Waals surface area (Å²) in [7, 11) is 3.59. The van der Waals surface area contributed by atoms with Crippen LogP contribution in [0.15, 0.2) is 28.5 Å². The number of allylic oxidation sites excluding steroid dienone is 1. The van der Waals surface area contributed by atoms with Crippen molar-refractivity contribution in [3.05, 3.63) is 23.4 Å². The molecule has 0 saturated heterocycles. The Hall–Kier alpha value is -1.45. The Morgan fingerprint density at radius 2 is 2.36 bits per heavy atom. The SMILES string of the molecule is COC1=NN(C)C2(C)CC=C(N)C=C12. The molecule has 0 fully saturated rings. The molecule has 2 N–H and O–H groups in total. The van der Waals surface area contributed by atoms with Gasteiger partial charge < -0.3 is 10.5 Å². The molecule has 0 spiro atoms. The minimum atomic E-state index is -0.0891. The van der Waals surface area contributed by atoms with Gasteiger partial charge in [0.05, 0.1) is 12.6 Å². The third-order valence-electron chi connectivity index (χ3n) is 3.01. The molecule has 1 aliphatic heterocycles. The molecule has 14 heavy (non-hydrogen) atoms. The Balaban J connectivity index is 2.45. The van der Waals surface area contributed by atoms with Gasteiger partial charge >= 0.3 is 0 Å². The Kier molecular flexibility index (Phi) is 1.80. The molecule has 1 aliphatic carbocycles. The summed E-state index contributed by atoms with van der Waals surface area (Å²) in [4.78, 5) is 0. The lowest BCUT2D eigenvalue weighted by Crippen LogP contribution is -2.40. The maximum atomic E-state index is 5.77. The van der Waals surface area contributed by atoms with Gasteiger partial charge in [-0.05, 0) is 19.4 Å². The molecule has 2 rings (SSSR count). The number of hydrogen-bond donors (Lipinski definition) is 1. The lowest BCUT2D eigenvalue weighted by Gasteiger charge is -2.33. The molecular weight excluding hydrogens is 178 g/mol. The van der Waals surface area contributed by atoms with Crippen LogP contribution >= 0.6 is 0 Å². The van der Waals surface area contributed by atoms with Gasteiger partial charge in [0.2, 0.25) is 5.90 Å². The molecule has 1 heterocycles. The van der Waals surface area contributed by atoms with E-state index in [1.807, 2.05) is 24.2 Å². The molecule has 0 aromatic carbocycles. The van der Waals surface area contributed by atoms with E-state index < -0.39 is 0 Å².